The van der Waals surface area contributed by atoms with E-state index in [0.717, 1.165) is 29.7 Å². The molecule has 2 aliphatic rings. The number of ether oxygens (including phenoxy) is 3. The van der Waals surface area contributed by atoms with Crippen LogP contribution in [0.1, 0.15) is 5.56 Å². The summed E-state index contributed by atoms with van der Waals surface area (Å²) in [7, 11) is 1.55. The Morgan fingerprint density at radius 3 is 2.78 bits per heavy atom. The number of benzene rings is 2. The number of amides is 1. The predicted molar refractivity (Wildman–Crippen MR) is 137 cm³/mol. The Balaban J connectivity index is 1.30. The maximum absolute atomic E-state index is 12.7. The van der Waals surface area contributed by atoms with E-state index in [-0.39, 0.29) is 18.1 Å². The van der Waals surface area contributed by atoms with Gasteiger partial charge in [-0.1, -0.05) is 18.1 Å². The number of hydrogen-bond acceptors (Lipinski definition) is 8. The Morgan fingerprint density at radius 2 is 2.03 bits per heavy atom. The fraction of sp³-hybridized carbons (Fsp3) is 0.296. The first-order chi connectivity index (χ1) is 17.6. The monoisotopic (exact) mass is 485 g/mol. The summed E-state index contributed by atoms with van der Waals surface area (Å²) in [5, 5.41) is 6.92. The lowest BCUT2D eigenvalue weighted by Crippen LogP contribution is -2.36. The minimum absolute atomic E-state index is 0.113. The number of likely N-dealkylation sites (tertiary alicyclic amines) is 1. The van der Waals surface area contributed by atoms with Crippen LogP contribution in [0, 0.1) is 12.3 Å². The summed E-state index contributed by atoms with van der Waals surface area (Å²) < 4.78 is 17.0. The van der Waals surface area contributed by atoms with Gasteiger partial charge < -0.3 is 24.8 Å². The van der Waals surface area contributed by atoms with Crippen LogP contribution in [0.5, 0.6) is 5.75 Å². The van der Waals surface area contributed by atoms with Crippen molar-refractivity contribution < 1.29 is 19.0 Å². The number of fused-ring (bicyclic) bond motifs is 2. The molecule has 9 nitrogen and oxygen atoms in total. The van der Waals surface area contributed by atoms with Gasteiger partial charge in [-0.15, -0.1) is 6.42 Å². The number of methoxy groups -OCH3 is 1. The van der Waals surface area contributed by atoms with Gasteiger partial charge in [-0.3, -0.25) is 9.69 Å². The van der Waals surface area contributed by atoms with Gasteiger partial charge in [-0.2, -0.15) is 0 Å². The van der Waals surface area contributed by atoms with E-state index >= 15 is 0 Å². The number of nitrogens with zero attached hydrogens (tertiary/aromatic N) is 3. The number of rotatable bonds is 7. The second-order valence-electron chi connectivity index (χ2n) is 8.57. The molecule has 3 heterocycles. The highest BCUT2D eigenvalue weighted by Crippen LogP contribution is 2.33. The third kappa shape index (κ3) is 5.31. The quantitative estimate of drug-likeness (QED) is 0.390. The maximum atomic E-state index is 12.7. The lowest BCUT2D eigenvalue weighted by atomic mass is 10.1. The molecule has 0 bridgehead atoms. The molecule has 2 atom stereocenters. The normalized spacial score (nSPS) is 19.7. The number of anilines is 3. The van der Waals surface area contributed by atoms with Crippen LogP contribution in [-0.2, 0) is 14.3 Å². The van der Waals surface area contributed by atoms with E-state index < -0.39 is 0 Å². The molecule has 0 unspecified atom stereocenters. The SMILES string of the molecule is C#Cc1cccc(Nc2ncnc3cc(OC)c(NC(=O)/C=C/CN4C[C@@H]5OCCO[C@@H]5C4)cc23)c1. The maximum Gasteiger partial charge on any atom is 0.248 e. The molecule has 2 N–H and O–H groups in total. The molecule has 2 fully saturated rings. The minimum atomic E-state index is -0.259. The van der Waals surface area contributed by atoms with Crippen molar-refractivity contribution in [1.29, 1.82) is 0 Å². The Bertz CT molecular complexity index is 1320. The molecule has 0 radical (unpaired) electrons. The van der Waals surface area contributed by atoms with Crippen LogP contribution in [0.2, 0.25) is 0 Å². The molecule has 36 heavy (non-hydrogen) atoms. The van der Waals surface area contributed by atoms with Crippen molar-refractivity contribution in [1.82, 2.24) is 14.9 Å². The molecule has 3 aromatic rings. The molecule has 2 aliphatic heterocycles. The van der Waals surface area contributed by atoms with Gasteiger partial charge in [0.2, 0.25) is 5.91 Å². The van der Waals surface area contributed by atoms with Crippen molar-refractivity contribution in [3.63, 3.8) is 0 Å². The van der Waals surface area contributed by atoms with E-state index in [1.165, 1.54) is 12.4 Å². The Kier molecular flexibility index (Phi) is 7.09. The molecule has 184 valence electrons. The number of nitrogens with one attached hydrogen (secondary N) is 2. The van der Waals surface area contributed by atoms with E-state index in [9.17, 15) is 4.79 Å². The molecule has 1 amide bonds. The van der Waals surface area contributed by atoms with Crippen LogP contribution in [-0.4, -0.2) is 72.9 Å². The van der Waals surface area contributed by atoms with Crippen molar-refractivity contribution in [3.05, 3.63) is 60.4 Å². The number of carbonyl (C=O) groups is 1. The van der Waals surface area contributed by atoms with Crippen LogP contribution in [0.3, 0.4) is 0 Å². The van der Waals surface area contributed by atoms with E-state index in [1.54, 1.807) is 19.2 Å². The molecule has 0 aliphatic carbocycles. The molecule has 5 rings (SSSR count). The lowest BCUT2D eigenvalue weighted by Gasteiger charge is -2.24. The molecular formula is C27H27N5O4. The van der Waals surface area contributed by atoms with Gasteiger partial charge in [0.1, 0.15) is 17.9 Å². The van der Waals surface area contributed by atoms with Gasteiger partial charge in [0.25, 0.3) is 0 Å². The molecule has 2 aromatic carbocycles. The first kappa shape index (κ1) is 23.8. The Hall–Kier alpha value is -3.97. The van der Waals surface area contributed by atoms with Crippen molar-refractivity contribution >= 4 is 34.0 Å². The number of terminal acetylenes is 1. The van der Waals surface area contributed by atoms with Gasteiger partial charge in [-0.05, 0) is 24.3 Å². The fourth-order valence-electron chi connectivity index (χ4n) is 4.44. The van der Waals surface area contributed by atoms with Gasteiger partial charge in [-0.25, -0.2) is 9.97 Å². The summed E-state index contributed by atoms with van der Waals surface area (Å²) in [6, 6.07) is 11.1. The first-order valence-electron chi connectivity index (χ1n) is 11.7. The van der Waals surface area contributed by atoms with Crippen LogP contribution < -0.4 is 15.4 Å². The highest BCUT2D eigenvalue weighted by molar-refractivity contribution is 6.03. The fourth-order valence-corrected chi connectivity index (χ4v) is 4.44. The largest absolute Gasteiger partial charge is 0.494 e. The molecular weight excluding hydrogens is 458 g/mol. The summed E-state index contributed by atoms with van der Waals surface area (Å²) in [6.45, 7) is 3.52. The summed E-state index contributed by atoms with van der Waals surface area (Å²) >= 11 is 0. The standard InChI is InChI=1S/C27H27N5O4/c1-3-18-6-4-7-19(12-18)30-27-20-13-22(23(34-2)14-21(20)28-17-29-27)31-26(33)8-5-9-32-15-24-25(16-32)36-11-10-35-24/h1,4-8,12-14,17,24-25H,9-11,15-16H2,2H3,(H,31,33)(H,28,29,30)/b8-5+/t24-,25+. The number of hydrogen-bond donors (Lipinski definition) is 2. The molecule has 2 saturated heterocycles. The van der Waals surface area contributed by atoms with Crippen LogP contribution in [0.25, 0.3) is 10.9 Å². The van der Waals surface area contributed by atoms with Gasteiger partial charge in [0.05, 0.1) is 43.7 Å². The number of carbonyl (C=O) groups excluding carboxylic acids is 1. The topological polar surface area (TPSA) is 97.8 Å². The average molecular weight is 486 g/mol. The highest BCUT2D eigenvalue weighted by Gasteiger charge is 2.35. The number of aromatic nitrogens is 2. The van der Waals surface area contributed by atoms with Gasteiger partial charge in [0.15, 0.2) is 0 Å². The van der Waals surface area contributed by atoms with E-state index in [1.807, 2.05) is 30.3 Å². The lowest BCUT2D eigenvalue weighted by molar-refractivity contribution is -0.116. The van der Waals surface area contributed by atoms with Crippen LogP contribution in [0.15, 0.2) is 54.9 Å². The summed E-state index contributed by atoms with van der Waals surface area (Å²) in [5.41, 5.74) is 2.75. The zero-order chi connectivity index (χ0) is 24.9. The second-order valence-corrected chi connectivity index (χ2v) is 8.57. The van der Waals surface area contributed by atoms with Crippen LogP contribution in [0.4, 0.5) is 17.2 Å². The third-order valence-corrected chi connectivity index (χ3v) is 6.18. The van der Waals surface area contributed by atoms with Gasteiger partial charge >= 0.3 is 0 Å². The summed E-state index contributed by atoms with van der Waals surface area (Å²) in [5.74, 6) is 3.45. The Labute approximate surface area is 209 Å². The van der Waals surface area contributed by atoms with Crippen LogP contribution >= 0.6 is 0 Å². The van der Waals surface area contributed by atoms with E-state index in [4.69, 9.17) is 20.6 Å². The minimum Gasteiger partial charge on any atom is -0.494 e. The van der Waals surface area contributed by atoms with E-state index in [0.29, 0.717) is 42.5 Å². The molecule has 1 aromatic heterocycles. The first-order valence-corrected chi connectivity index (χ1v) is 11.7. The summed E-state index contributed by atoms with van der Waals surface area (Å²) in [4.78, 5) is 23.7. The van der Waals surface area contributed by atoms with Crippen molar-refractivity contribution in [3.8, 4) is 18.1 Å². The predicted octanol–water partition coefficient (Wildman–Crippen LogP) is 2.96. The van der Waals surface area contributed by atoms with Crippen molar-refractivity contribution in [2.45, 2.75) is 12.2 Å². The average Bonchev–Trinajstić information content (AvgIpc) is 3.31. The van der Waals surface area contributed by atoms with Gasteiger partial charge in [0, 0.05) is 48.4 Å². The second kappa shape index (κ2) is 10.7. The smallest absolute Gasteiger partial charge is 0.248 e. The molecule has 0 spiro atoms. The van der Waals surface area contributed by atoms with Crippen molar-refractivity contribution in [2.75, 3.05) is 50.6 Å². The zero-order valence-electron chi connectivity index (χ0n) is 19.9. The Morgan fingerprint density at radius 1 is 1.22 bits per heavy atom. The third-order valence-electron chi connectivity index (χ3n) is 6.18. The van der Waals surface area contributed by atoms with Crippen molar-refractivity contribution in [2.24, 2.45) is 0 Å². The summed E-state index contributed by atoms with van der Waals surface area (Å²) in [6.07, 6.45) is 10.6. The molecule has 0 saturated carbocycles. The highest BCUT2D eigenvalue weighted by atomic mass is 16.6. The molecule has 9 heteroatoms. The van der Waals surface area contributed by atoms with E-state index in [2.05, 4.69) is 31.4 Å². The zero-order valence-corrected chi connectivity index (χ0v) is 19.9.